The summed E-state index contributed by atoms with van der Waals surface area (Å²) in [5.74, 6) is -5.14. The van der Waals surface area contributed by atoms with Gasteiger partial charge in [-0.3, -0.25) is 9.59 Å². The number of ketones is 1. The molecule has 7 heteroatoms. The van der Waals surface area contributed by atoms with Crippen molar-refractivity contribution in [3.8, 4) is 0 Å². The molecule has 1 aliphatic rings. The van der Waals surface area contributed by atoms with Crippen molar-refractivity contribution in [1.82, 2.24) is 4.90 Å². The van der Waals surface area contributed by atoms with E-state index in [1.54, 1.807) is 18.7 Å². The first kappa shape index (κ1) is 18.4. The fraction of sp³-hybridized carbons (Fsp3) is 0.529. The van der Waals surface area contributed by atoms with Crippen LogP contribution in [0.5, 0.6) is 0 Å². The second kappa shape index (κ2) is 7.34. The smallest absolute Gasteiger partial charge is 0.226 e. The van der Waals surface area contributed by atoms with E-state index >= 15 is 0 Å². The molecule has 2 unspecified atom stereocenters. The van der Waals surface area contributed by atoms with E-state index in [9.17, 15) is 22.8 Å². The van der Waals surface area contributed by atoms with Gasteiger partial charge in [-0.15, -0.1) is 0 Å². The van der Waals surface area contributed by atoms with Gasteiger partial charge in [0.15, 0.2) is 5.78 Å². The molecule has 1 aromatic carbocycles. The molecule has 0 saturated carbocycles. The first-order valence-corrected chi connectivity index (χ1v) is 7.95. The molecular formula is C17H21F3N2O2. The van der Waals surface area contributed by atoms with Gasteiger partial charge < -0.3 is 10.6 Å². The van der Waals surface area contributed by atoms with E-state index in [4.69, 9.17) is 5.73 Å². The summed E-state index contributed by atoms with van der Waals surface area (Å²) in [5, 5.41) is 0. The Morgan fingerprint density at radius 2 is 1.62 bits per heavy atom. The zero-order chi connectivity index (χ0) is 18.0. The molecule has 1 saturated heterocycles. The molecule has 0 bridgehead atoms. The van der Waals surface area contributed by atoms with Crippen molar-refractivity contribution < 1.29 is 22.8 Å². The third kappa shape index (κ3) is 3.77. The summed E-state index contributed by atoms with van der Waals surface area (Å²) in [6.07, 6.45) is 0.624. The van der Waals surface area contributed by atoms with Gasteiger partial charge in [-0.25, -0.2) is 13.2 Å². The van der Waals surface area contributed by atoms with Crippen LogP contribution in [0.1, 0.15) is 37.0 Å². The molecule has 2 atom stereocenters. The monoisotopic (exact) mass is 342 g/mol. The first-order chi connectivity index (χ1) is 11.2. The summed E-state index contributed by atoms with van der Waals surface area (Å²) in [6, 6.07) is 0.720. The van der Waals surface area contributed by atoms with Gasteiger partial charge in [0.2, 0.25) is 5.91 Å². The maximum absolute atomic E-state index is 13.7. The number of benzene rings is 1. The van der Waals surface area contributed by atoms with E-state index in [0.717, 1.165) is 0 Å². The number of halogens is 3. The fourth-order valence-electron chi connectivity index (χ4n) is 2.86. The first-order valence-electron chi connectivity index (χ1n) is 7.95. The molecule has 0 aromatic heterocycles. The normalized spacial score (nSPS) is 18.3. The van der Waals surface area contributed by atoms with Crippen molar-refractivity contribution in [2.45, 2.75) is 32.7 Å². The Bertz CT molecular complexity index is 618. The molecule has 1 amide bonds. The lowest BCUT2D eigenvalue weighted by Gasteiger charge is -2.33. The lowest BCUT2D eigenvalue weighted by atomic mass is 9.87. The molecule has 1 heterocycles. The van der Waals surface area contributed by atoms with E-state index in [-0.39, 0.29) is 17.9 Å². The van der Waals surface area contributed by atoms with Crippen LogP contribution in [0.3, 0.4) is 0 Å². The number of carbonyl (C=O) groups excluding carboxylic acids is 2. The number of rotatable bonds is 4. The molecule has 0 radical (unpaired) electrons. The topological polar surface area (TPSA) is 63.4 Å². The third-order valence-corrected chi connectivity index (χ3v) is 4.61. The number of hydrogen-bond donors (Lipinski definition) is 1. The van der Waals surface area contributed by atoms with Crippen molar-refractivity contribution >= 4 is 11.7 Å². The van der Waals surface area contributed by atoms with Gasteiger partial charge in [-0.05, 0) is 19.8 Å². The largest absolute Gasteiger partial charge is 0.342 e. The van der Waals surface area contributed by atoms with Gasteiger partial charge in [-0.2, -0.15) is 0 Å². The number of Topliss-reactive ketones (excluding diaryl/α,β-unsaturated/α-hetero) is 1. The van der Waals surface area contributed by atoms with Crippen molar-refractivity contribution in [3.05, 3.63) is 35.1 Å². The highest BCUT2D eigenvalue weighted by atomic mass is 19.1. The van der Waals surface area contributed by atoms with E-state index in [1.807, 2.05) is 0 Å². The minimum absolute atomic E-state index is 0.0879. The quantitative estimate of drug-likeness (QED) is 0.855. The summed E-state index contributed by atoms with van der Waals surface area (Å²) < 4.78 is 40.4. The maximum atomic E-state index is 13.7. The highest BCUT2D eigenvalue weighted by Gasteiger charge is 2.32. The molecule has 1 fully saturated rings. The highest BCUT2D eigenvalue weighted by Crippen LogP contribution is 2.26. The minimum Gasteiger partial charge on any atom is -0.342 e. The van der Waals surface area contributed by atoms with Gasteiger partial charge in [-0.1, -0.05) is 6.92 Å². The predicted molar refractivity (Wildman–Crippen MR) is 82.8 cm³/mol. The molecule has 1 aliphatic heterocycles. The van der Waals surface area contributed by atoms with Gasteiger partial charge in [0.1, 0.15) is 17.5 Å². The molecule has 24 heavy (non-hydrogen) atoms. The van der Waals surface area contributed by atoms with Crippen molar-refractivity contribution in [2.75, 3.05) is 13.1 Å². The van der Waals surface area contributed by atoms with Crippen LogP contribution in [0.4, 0.5) is 13.2 Å². The van der Waals surface area contributed by atoms with Gasteiger partial charge in [0, 0.05) is 37.2 Å². The molecule has 1 aromatic rings. The molecule has 0 aliphatic carbocycles. The van der Waals surface area contributed by atoms with E-state index < -0.39 is 34.7 Å². The molecule has 132 valence electrons. The van der Waals surface area contributed by atoms with Crippen LogP contribution >= 0.6 is 0 Å². The Morgan fingerprint density at radius 3 is 2.08 bits per heavy atom. The lowest BCUT2D eigenvalue weighted by Crippen LogP contribution is -2.46. The number of likely N-dealkylation sites (tertiary alicyclic amines) is 1. The second-order valence-corrected chi connectivity index (χ2v) is 6.36. The van der Waals surface area contributed by atoms with Crippen LogP contribution in [0, 0.1) is 29.3 Å². The average Bonchev–Trinajstić information content (AvgIpc) is 2.52. The zero-order valence-electron chi connectivity index (χ0n) is 13.7. The Morgan fingerprint density at radius 1 is 1.12 bits per heavy atom. The van der Waals surface area contributed by atoms with Crippen LogP contribution in [-0.2, 0) is 4.79 Å². The third-order valence-electron chi connectivity index (χ3n) is 4.61. The van der Waals surface area contributed by atoms with Crippen molar-refractivity contribution in [2.24, 2.45) is 17.6 Å². The van der Waals surface area contributed by atoms with Crippen LogP contribution in [0.2, 0.25) is 0 Å². The molecule has 2 rings (SSSR count). The Balaban J connectivity index is 2.05. The second-order valence-electron chi connectivity index (χ2n) is 6.36. The SMILES string of the molecule is CC(N)C(C)C(=O)N1CCC(C(=O)c2c(F)cc(F)cc2F)CC1. The van der Waals surface area contributed by atoms with Crippen LogP contribution < -0.4 is 5.73 Å². The van der Waals surface area contributed by atoms with Crippen LogP contribution in [-0.4, -0.2) is 35.7 Å². The summed E-state index contributed by atoms with van der Waals surface area (Å²) in [6.45, 7) is 4.15. The number of hydrogen-bond acceptors (Lipinski definition) is 3. The maximum Gasteiger partial charge on any atom is 0.226 e. The molecule has 4 nitrogen and oxygen atoms in total. The highest BCUT2D eigenvalue weighted by molar-refractivity contribution is 5.98. The number of amides is 1. The Hall–Kier alpha value is -1.89. The number of piperidine rings is 1. The van der Waals surface area contributed by atoms with Gasteiger partial charge in [0.05, 0.1) is 11.5 Å². The summed E-state index contributed by atoms with van der Waals surface area (Å²) in [5.41, 5.74) is 5.02. The Labute approximate surface area is 138 Å². The lowest BCUT2D eigenvalue weighted by molar-refractivity contribution is -0.136. The van der Waals surface area contributed by atoms with Gasteiger partial charge in [0.25, 0.3) is 0 Å². The molecule has 0 spiro atoms. The number of nitrogens with zero attached hydrogens (tertiary/aromatic N) is 1. The predicted octanol–water partition coefficient (Wildman–Crippen LogP) is 2.51. The molecule has 2 N–H and O–H groups in total. The van der Waals surface area contributed by atoms with Crippen molar-refractivity contribution in [1.29, 1.82) is 0 Å². The Kier molecular flexibility index (Phi) is 5.64. The number of nitrogens with two attached hydrogens (primary N) is 1. The summed E-state index contributed by atoms with van der Waals surface area (Å²) in [4.78, 5) is 26.2. The van der Waals surface area contributed by atoms with E-state index in [0.29, 0.717) is 38.1 Å². The standard InChI is InChI=1S/C17H21F3N2O2/c1-9(10(2)21)17(24)22-5-3-11(4-6-22)16(23)15-13(19)7-12(18)8-14(15)20/h7-11H,3-6,21H2,1-2H3. The average molecular weight is 342 g/mol. The summed E-state index contributed by atoms with van der Waals surface area (Å²) in [7, 11) is 0. The van der Waals surface area contributed by atoms with Crippen molar-refractivity contribution in [3.63, 3.8) is 0 Å². The van der Waals surface area contributed by atoms with E-state index in [1.165, 1.54) is 0 Å². The van der Waals surface area contributed by atoms with Crippen LogP contribution in [0.15, 0.2) is 12.1 Å². The molecular weight excluding hydrogens is 321 g/mol. The van der Waals surface area contributed by atoms with Crippen LogP contribution in [0.25, 0.3) is 0 Å². The fourth-order valence-corrected chi connectivity index (χ4v) is 2.86. The number of carbonyl (C=O) groups is 2. The zero-order valence-corrected chi connectivity index (χ0v) is 13.7. The van der Waals surface area contributed by atoms with E-state index in [2.05, 4.69) is 0 Å². The van der Waals surface area contributed by atoms with Gasteiger partial charge >= 0.3 is 0 Å². The minimum atomic E-state index is -1.19. The summed E-state index contributed by atoms with van der Waals surface area (Å²) >= 11 is 0.